The quantitative estimate of drug-likeness (QED) is 0.321. The van der Waals surface area contributed by atoms with Crippen LogP contribution in [0.1, 0.15) is 0 Å². The Morgan fingerprint density at radius 2 is 1.00 bits per heavy atom. The molecule has 4 heterocycles. The Labute approximate surface area is 172 Å². The molecule has 2 aromatic heterocycles. The normalized spacial score (nSPS) is 18.2. The molecule has 0 radical (unpaired) electrons. The van der Waals surface area contributed by atoms with Crippen molar-refractivity contribution in [2.75, 3.05) is 0 Å². The Hall–Kier alpha value is 0.666. The molecule has 122 valence electrons. The van der Waals surface area contributed by atoms with E-state index in [2.05, 4.69) is 79.2 Å². The van der Waals surface area contributed by atoms with Gasteiger partial charge in [0.1, 0.15) is 0 Å². The van der Waals surface area contributed by atoms with Gasteiger partial charge in [-0.05, 0) is 0 Å². The van der Waals surface area contributed by atoms with E-state index in [-0.39, 0.29) is 0 Å². The molecule has 2 aliphatic heterocycles. The van der Waals surface area contributed by atoms with Crippen LogP contribution in [0.2, 0.25) is 23.0 Å². The predicted molar refractivity (Wildman–Crippen MR) is 122 cm³/mol. The molecular formula is C18H16Br2Ge2S2. The topological polar surface area (TPSA) is 0 Å². The molecule has 6 heteroatoms. The minimum atomic E-state index is -2.15. The molecule has 0 aliphatic carbocycles. The van der Waals surface area contributed by atoms with Gasteiger partial charge in [-0.2, -0.15) is 0 Å². The van der Waals surface area contributed by atoms with Crippen LogP contribution in [0.25, 0.3) is 20.9 Å². The van der Waals surface area contributed by atoms with E-state index in [0.29, 0.717) is 0 Å². The van der Waals surface area contributed by atoms with Gasteiger partial charge in [-0.15, -0.1) is 0 Å². The first-order chi connectivity index (χ1) is 11.2. The van der Waals surface area contributed by atoms with E-state index in [4.69, 9.17) is 0 Å². The number of halogens is 2. The fourth-order valence-electron chi connectivity index (χ4n) is 4.35. The van der Waals surface area contributed by atoms with E-state index in [9.17, 15) is 0 Å². The number of hydrogen-bond acceptors (Lipinski definition) is 2. The van der Waals surface area contributed by atoms with Gasteiger partial charge in [0.05, 0.1) is 0 Å². The Kier molecular flexibility index (Phi) is 3.60. The molecule has 0 atom stereocenters. The van der Waals surface area contributed by atoms with Crippen LogP contribution in [0.5, 0.6) is 0 Å². The third-order valence-electron chi connectivity index (χ3n) is 5.74. The molecule has 0 saturated heterocycles. The zero-order valence-corrected chi connectivity index (χ0v) is 22.9. The van der Waals surface area contributed by atoms with Crippen LogP contribution in [0, 0.1) is 0 Å². The molecule has 24 heavy (non-hydrogen) atoms. The SMILES string of the molecule is [CH3][Ge]1([CH3])[c]2cc3[c](cc2-c2sc(Br)c[c]21)[Ge]([CH3])([CH3])[c]1cc(Br)sc1-3. The van der Waals surface area contributed by atoms with Crippen molar-refractivity contribution in [1.82, 2.24) is 0 Å². The summed E-state index contributed by atoms with van der Waals surface area (Å²) in [5, 5.41) is 0. The van der Waals surface area contributed by atoms with Crippen LogP contribution in [-0.4, -0.2) is 26.5 Å². The Balaban J connectivity index is 1.86. The predicted octanol–water partition coefficient (Wildman–Crippen LogP) is 4.94. The molecule has 0 N–H and O–H groups in total. The average molecular weight is 601 g/mol. The first kappa shape index (κ1) is 16.8. The van der Waals surface area contributed by atoms with Crippen molar-refractivity contribution >= 4 is 98.6 Å². The molecule has 0 fully saturated rings. The third kappa shape index (κ3) is 2.01. The molecule has 3 aromatic rings. The van der Waals surface area contributed by atoms with Gasteiger partial charge in [0, 0.05) is 0 Å². The van der Waals surface area contributed by atoms with Crippen molar-refractivity contribution < 1.29 is 0 Å². The summed E-state index contributed by atoms with van der Waals surface area (Å²) in [6, 6.07) is 10.0. The Morgan fingerprint density at radius 3 is 1.38 bits per heavy atom. The van der Waals surface area contributed by atoms with Crippen molar-refractivity contribution in [3.05, 3.63) is 31.8 Å². The van der Waals surface area contributed by atoms with Gasteiger partial charge >= 0.3 is 174 Å². The second kappa shape index (κ2) is 5.13. The van der Waals surface area contributed by atoms with E-state index in [0.717, 1.165) is 0 Å². The molecule has 0 nitrogen and oxygen atoms in total. The summed E-state index contributed by atoms with van der Waals surface area (Å²) in [7, 11) is 0. The molecule has 0 spiro atoms. The minimum absolute atomic E-state index is 1.29. The molecule has 0 saturated carbocycles. The average Bonchev–Trinajstić information content (AvgIpc) is 3.17. The Morgan fingerprint density at radius 1 is 0.625 bits per heavy atom. The third-order valence-corrected chi connectivity index (χ3v) is 24.5. The summed E-state index contributed by atoms with van der Waals surface area (Å²) in [6.45, 7) is 0. The van der Waals surface area contributed by atoms with E-state index in [1.165, 1.54) is 7.57 Å². The maximum atomic E-state index is 3.73. The number of benzene rings is 1. The van der Waals surface area contributed by atoms with Crippen LogP contribution in [0.15, 0.2) is 31.8 Å². The summed E-state index contributed by atoms with van der Waals surface area (Å²) < 4.78 is 9.31. The van der Waals surface area contributed by atoms with E-state index in [1.807, 2.05) is 22.7 Å². The zero-order valence-electron chi connectivity index (χ0n) is 13.9. The molecule has 0 amide bonds. The van der Waals surface area contributed by atoms with Gasteiger partial charge in [-0.25, -0.2) is 0 Å². The van der Waals surface area contributed by atoms with Crippen molar-refractivity contribution in [2.45, 2.75) is 23.0 Å². The number of thiophene rings is 2. The fraction of sp³-hybridized carbons (Fsp3) is 0.222. The van der Waals surface area contributed by atoms with E-state index in [1.54, 1.807) is 38.5 Å². The first-order valence-electron chi connectivity index (χ1n) is 8.00. The van der Waals surface area contributed by atoms with E-state index >= 15 is 0 Å². The monoisotopic (exact) mass is 602 g/mol. The second-order valence-corrected chi connectivity index (χ2v) is 30.8. The molecule has 5 rings (SSSR count). The van der Waals surface area contributed by atoms with Crippen molar-refractivity contribution in [3.63, 3.8) is 0 Å². The van der Waals surface area contributed by atoms with Gasteiger partial charge in [0.15, 0.2) is 0 Å². The van der Waals surface area contributed by atoms with Gasteiger partial charge in [-0.1, -0.05) is 0 Å². The van der Waals surface area contributed by atoms with Gasteiger partial charge in [0.25, 0.3) is 0 Å². The summed E-state index contributed by atoms with van der Waals surface area (Å²) in [5.41, 5.74) is 3.13. The summed E-state index contributed by atoms with van der Waals surface area (Å²) in [6.07, 6.45) is 0. The summed E-state index contributed by atoms with van der Waals surface area (Å²) in [5.74, 6) is 10.2. The van der Waals surface area contributed by atoms with Crippen molar-refractivity contribution in [1.29, 1.82) is 0 Å². The van der Waals surface area contributed by atoms with Crippen molar-refractivity contribution in [3.8, 4) is 20.9 Å². The molecule has 0 unspecified atom stereocenters. The van der Waals surface area contributed by atoms with Gasteiger partial charge < -0.3 is 0 Å². The van der Waals surface area contributed by atoms with Crippen molar-refractivity contribution in [2.24, 2.45) is 0 Å². The summed E-state index contributed by atoms with van der Waals surface area (Å²) in [4.78, 5) is 3.11. The first-order valence-corrected chi connectivity index (χ1v) is 23.8. The number of rotatable bonds is 0. The second-order valence-electron chi connectivity index (χ2n) is 7.78. The fourth-order valence-corrected chi connectivity index (χ4v) is 24.5. The van der Waals surface area contributed by atoms with Gasteiger partial charge in [0.2, 0.25) is 0 Å². The van der Waals surface area contributed by atoms with E-state index < -0.39 is 26.5 Å². The van der Waals surface area contributed by atoms with Crippen LogP contribution < -0.4 is 17.6 Å². The van der Waals surface area contributed by atoms with Crippen LogP contribution in [0.3, 0.4) is 0 Å². The van der Waals surface area contributed by atoms with Crippen LogP contribution in [-0.2, 0) is 0 Å². The van der Waals surface area contributed by atoms with Crippen LogP contribution >= 0.6 is 54.5 Å². The maximum absolute atomic E-state index is 3.73. The number of fused-ring (bicyclic) bond motifs is 6. The Bertz CT molecular complexity index is 960. The molecular weight excluding hydrogens is 585 g/mol. The molecule has 2 aliphatic rings. The summed E-state index contributed by atoms with van der Waals surface area (Å²) >= 11 is 7.02. The van der Waals surface area contributed by atoms with Crippen LogP contribution in [0.4, 0.5) is 0 Å². The standard InChI is InChI=1S/C18H16Br2Ge2S2/c1-21(2)11-5-10-12(6-9(11)17-13(21)7-15(19)23-17)22(3,4)14-8-16(20)24-18(10)14/h5-8H,1-4H3. The zero-order chi connectivity index (χ0) is 17.0. The molecule has 0 bridgehead atoms. The number of hydrogen-bond donors (Lipinski definition) is 0. The van der Waals surface area contributed by atoms with Gasteiger partial charge in [-0.3, -0.25) is 0 Å². The molecule has 1 aromatic carbocycles.